The van der Waals surface area contributed by atoms with Crippen LogP contribution in [0, 0.1) is 5.92 Å². The Kier molecular flexibility index (Phi) is 5.72. The maximum absolute atomic E-state index is 13.5. The number of aliphatic hydroxyl groups is 2. The van der Waals surface area contributed by atoms with E-state index in [1.807, 2.05) is 0 Å². The van der Waals surface area contributed by atoms with E-state index >= 15 is 0 Å². The van der Waals surface area contributed by atoms with Crippen LogP contribution in [0.4, 0.5) is 13.2 Å². The van der Waals surface area contributed by atoms with Gasteiger partial charge in [-0.15, -0.1) is 0 Å². The maximum Gasteiger partial charge on any atom is 0.416 e. The van der Waals surface area contributed by atoms with Gasteiger partial charge in [-0.1, -0.05) is 42.5 Å². The number of halogens is 3. The van der Waals surface area contributed by atoms with Crippen molar-refractivity contribution in [2.45, 2.75) is 29.4 Å². The summed E-state index contributed by atoms with van der Waals surface area (Å²) in [6.07, 6.45) is -3.62. The van der Waals surface area contributed by atoms with Crippen molar-refractivity contribution in [1.29, 1.82) is 0 Å². The minimum atomic E-state index is -4.59. The summed E-state index contributed by atoms with van der Waals surface area (Å²) in [5.74, 6) is -2.49. The molecule has 37 heavy (non-hydrogen) atoms. The highest BCUT2D eigenvalue weighted by molar-refractivity contribution is 5.82. The van der Waals surface area contributed by atoms with Crippen LogP contribution < -0.4 is 9.47 Å². The van der Waals surface area contributed by atoms with Gasteiger partial charge in [0.25, 0.3) is 0 Å². The van der Waals surface area contributed by atoms with Gasteiger partial charge in [0, 0.05) is 20.0 Å². The van der Waals surface area contributed by atoms with E-state index in [-0.39, 0.29) is 22.6 Å². The molecule has 10 heteroatoms. The van der Waals surface area contributed by atoms with Crippen LogP contribution in [0.3, 0.4) is 0 Å². The molecule has 0 radical (unpaired) electrons. The molecule has 2 heterocycles. The average molecular weight is 515 g/mol. The van der Waals surface area contributed by atoms with Gasteiger partial charge in [0.05, 0.1) is 36.5 Å². The second-order valence-electron chi connectivity index (χ2n) is 9.49. The van der Waals surface area contributed by atoms with E-state index in [1.165, 1.54) is 50.6 Å². The molecule has 2 aromatic carbocycles. The Bertz CT molecular complexity index is 1330. The number of alkyl halides is 3. The Labute approximate surface area is 211 Å². The number of aliphatic hydroxyl groups excluding tert-OH is 1. The molecule has 7 nitrogen and oxygen atoms in total. The third-order valence-electron chi connectivity index (χ3n) is 7.41. The first-order valence-corrected chi connectivity index (χ1v) is 11.5. The van der Waals surface area contributed by atoms with Crippen molar-refractivity contribution in [2.24, 2.45) is 5.92 Å². The van der Waals surface area contributed by atoms with Crippen molar-refractivity contribution in [3.63, 3.8) is 0 Å². The molecule has 0 bridgehead atoms. The Morgan fingerprint density at radius 1 is 1.08 bits per heavy atom. The van der Waals surface area contributed by atoms with Gasteiger partial charge in [-0.3, -0.25) is 9.78 Å². The molecule has 1 amide bonds. The van der Waals surface area contributed by atoms with Crippen LogP contribution in [-0.4, -0.2) is 53.3 Å². The Morgan fingerprint density at radius 2 is 1.73 bits per heavy atom. The number of rotatable bonds is 4. The summed E-state index contributed by atoms with van der Waals surface area (Å²) >= 11 is 0. The first-order valence-electron chi connectivity index (χ1n) is 11.5. The van der Waals surface area contributed by atoms with Crippen LogP contribution in [0.25, 0.3) is 0 Å². The van der Waals surface area contributed by atoms with E-state index in [1.54, 1.807) is 30.3 Å². The predicted molar refractivity (Wildman–Crippen MR) is 126 cm³/mol. The minimum absolute atomic E-state index is 0.0763. The Balaban J connectivity index is 1.86. The van der Waals surface area contributed by atoms with Crippen LogP contribution in [0.1, 0.15) is 28.2 Å². The van der Waals surface area contributed by atoms with Gasteiger partial charge in [-0.2, -0.15) is 13.2 Å². The van der Waals surface area contributed by atoms with Crippen molar-refractivity contribution in [3.05, 3.63) is 89.2 Å². The maximum atomic E-state index is 13.5. The summed E-state index contributed by atoms with van der Waals surface area (Å²) in [5.41, 5.74) is -4.28. The highest BCUT2D eigenvalue weighted by Gasteiger charge is 2.78. The smallest absolute Gasteiger partial charge is 0.416 e. The SMILES string of the molecule is COc1cncc2c1C1(O)C(O)C(C(=O)N(C)C)C(c3ccccc3)C1(c1ccc(C(F)(F)F)cc1)O2. The second-order valence-corrected chi connectivity index (χ2v) is 9.49. The normalized spacial score (nSPS) is 28.3. The Hall–Kier alpha value is -3.63. The summed E-state index contributed by atoms with van der Waals surface area (Å²) in [7, 11) is 4.41. The molecule has 1 aliphatic heterocycles. The van der Waals surface area contributed by atoms with E-state index in [9.17, 15) is 28.2 Å². The molecule has 1 fully saturated rings. The lowest BCUT2D eigenvalue weighted by Gasteiger charge is -2.41. The molecule has 1 aliphatic carbocycles. The second kappa shape index (κ2) is 8.46. The number of nitrogens with zero attached hydrogens (tertiary/aromatic N) is 2. The van der Waals surface area contributed by atoms with Gasteiger partial charge in [-0.05, 0) is 23.3 Å². The van der Waals surface area contributed by atoms with E-state index in [2.05, 4.69) is 4.98 Å². The summed E-state index contributed by atoms with van der Waals surface area (Å²) in [6.45, 7) is 0. The zero-order chi connectivity index (χ0) is 26.8. The van der Waals surface area contributed by atoms with Gasteiger partial charge in [-0.25, -0.2) is 0 Å². The van der Waals surface area contributed by atoms with Crippen LogP contribution in [0.15, 0.2) is 67.0 Å². The van der Waals surface area contributed by atoms with Crippen molar-refractivity contribution in [1.82, 2.24) is 9.88 Å². The zero-order valence-corrected chi connectivity index (χ0v) is 20.2. The van der Waals surface area contributed by atoms with Crippen molar-refractivity contribution >= 4 is 5.91 Å². The molecule has 2 aliphatic rings. The number of benzene rings is 2. The summed E-state index contributed by atoms with van der Waals surface area (Å²) in [4.78, 5) is 18.9. The number of fused-ring (bicyclic) bond motifs is 3. The van der Waals surface area contributed by atoms with Gasteiger partial charge >= 0.3 is 6.18 Å². The summed E-state index contributed by atoms with van der Waals surface area (Å²) in [5, 5.41) is 24.4. The van der Waals surface area contributed by atoms with Crippen LogP contribution in [0.2, 0.25) is 0 Å². The van der Waals surface area contributed by atoms with Gasteiger partial charge in [0.1, 0.15) is 17.6 Å². The molecular formula is C27H25F3N2O5. The number of aromatic nitrogens is 1. The number of carbonyl (C=O) groups excluding carboxylic acids is 1. The fourth-order valence-corrected chi connectivity index (χ4v) is 5.87. The largest absolute Gasteiger partial charge is 0.495 e. The molecule has 194 valence electrons. The lowest BCUT2D eigenvalue weighted by Crippen LogP contribution is -2.52. The van der Waals surface area contributed by atoms with Crippen LogP contribution in [-0.2, 0) is 22.2 Å². The summed E-state index contributed by atoms with van der Waals surface area (Å²) in [6, 6.07) is 12.9. The van der Waals surface area contributed by atoms with Crippen LogP contribution >= 0.6 is 0 Å². The number of hydrogen-bond donors (Lipinski definition) is 2. The van der Waals surface area contributed by atoms with Crippen molar-refractivity contribution < 1.29 is 37.7 Å². The number of amides is 1. The number of ether oxygens (including phenoxy) is 2. The number of methoxy groups -OCH3 is 1. The van der Waals surface area contributed by atoms with Gasteiger partial charge < -0.3 is 24.6 Å². The molecule has 0 spiro atoms. The quantitative estimate of drug-likeness (QED) is 0.554. The fourth-order valence-electron chi connectivity index (χ4n) is 5.87. The minimum Gasteiger partial charge on any atom is -0.495 e. The zero-order valence-electron chi connectivity index (χ0n) is 20.2. The fraction of sp³-hybridized carbons (Fsp3) is 0.333. The van der Waals surface area contributed by atoms with E-state index in [4.69, 9.17) is 9.47 Å². The van der Waals surface area contributed by atoms with E-state index in [0.29, 0.717) is 5.56 Å². The number of hydrogen-bond acceptors (Lipinski definition) is 6. The monoisotopic (exact) mass is 514 g/mol. The lowest BCUT2D eigenvalue weighted by atomic mass is 9.70. The topological polar surface area (TPSA) is 92.1 Å². The molecule has 5 unspecified atom stereocenters. The molecule has 0 saturated heterocycles. The first kappa shape index (κ1) is 25.0. The number of carbonyl (C=O) groups is 1. The highest BCUT2D eigenvalue weighted by atomic mass is 19.4. The summed E-state index contributed by atoms with van der Waals surface area (Å²) < 4.78 is 52.2. The van der Waals surface area contributed by atoms with E-state index in [0.717, 1.165) is 12.1 Å². The van der Waals surface area contributed by atoms with Crippen molar-refractivity contribution in [2.75, 3.05) is 21.2 Å². The first-order chi connectivity index (χ1) is 17.5. The van der Waals surface area contributed by atoms with Gasteiger partial charge in [0.15, 0.2) is 11.2 Å². The molecule has 2 N–H and O–H groups in total. The lowest BCUT2D eigenvalue weighted by molar-refractivity contribution is -0.156. The standard InChI is InChI=1S/C27H25F3N2O5/c1-32(2)24(34)20-21(15-7-5-4-6-8-15)26(16-9-11-17(12-10-16)27(28,29)30)25(35,23(20)33)22-18(36-3)13-31-14-19(22)37-26/h4-14,20-21,23,33,35H,1-3H3. The highest BCUT2D eigenvalue weighted by Crippen LogP contribution is 2.69. The average Bonchev–Trinajstić information content (AvgIpc) is 3.26. The van der Waals surface area contributed by atoms with E-state index < -0.39 is 46.8 Å². The Morgan fingerprint density at radius 3 is 2.30 bits per heavy atom. The molecule has 1 saturated carbocycles. The molecule has 5 rings (SSSR count). The van der Waals surface area contributed by atoms with Gasteiger partial charge in [0.2, 0.25) is 5.91 Å². The molecular weight excluding hydrogens is 489 g/mol. The molecule has 5 atom stereocenters. The third-order valence-corrected chi connectivity index (χ3v) is 7.41. The van der Waals surface area contributed by atoms with Crippen LogP contribution in [0.5, 0.6) is 11.5 Å². The third kappa shape index (κ3) is 3.35. The number of pyridine rings is 1. The van der Waals surface area contributed by atoms with Crippen molar-refractivity contribution in [3.8, 4) is 11.5 Å². The molecule has 1 aromatic heterocycles. The molecule has 3 aromatic rings. The predicted octanol–water partition coefficient (Wildman–Crippen LogP) is 3.45.